The third-order valence-corrected chi connectivity index (χ3v) is 2.92. The van der Waals surface area contributed by atoms with Gasteiger partial charge in [0.05, 0.1) is 6.04 Å². The van der Waals surface area contributed by atoms with E-state index in [1.54, 1.807) is 0 Å². The third-order valence-electron chi connectivity index (χ3n) is 2.92. The molecule has 0 amide bonds. The van der Waals surface area contributed by atoms with Gasteiger partial charge in [0.15, 0.2) is 0 Å². The Kier molecular flexibility index (Phi) is 3.91. The van der Waals surface area contributed by atoms with Crippen LogP contribution in [0.4, 0.5) is 0 Å². The Morgan fingerprint density at radius 2 is 1.47 bits per heavy atom. The van der Waals surface area contributed by atoms with Crippen LogP contribution < -0.4 is 0 Å². The molecule has 0 fully saturated rings. The summed E-state index contributed by atoms with van der Waals surface area (Å²) < 4.78 is 0. The van der Waals surface area contributed by atoms with Crippen molar-refractivity contribution in [1.29, 1.82) is 0 Å². The van der Waals surface area contributed by atoms with Crippen LogP contribution in [-0.2, 0) is 6.54 Å². The summed E-state index contributed by atoms with van der Waals surface area (Å²) in [5.74, 6) is 0. The van der Waals surface area contributed by atoms with Crippen LogP contribution >= 0.6 is 0 Å². The maximum absolute atomic E-state index is 10.1. The topological polar surface area (TPSA) is 23.5 Å². The molecule has 2 heteroatoms. The Bertz CT molecular complexity index is 441. The second kappa shape index (κ2) is 5.62. The van der Waals surface area contributed by atoms with Crippen molar-refractivity contribution < 1.29 is 5.21 Å². The van der Waals surface area contributed by atoms with Crippen LogP contribution in [0.5, 0.6) is 0 Å². The smallest absolute Gasteiger partial charge is 0.0575 e. The zero-order chi connectivity index (χ0) is 12.1. The lowest BCUT2D eigenvalue weighted by Gasteiger charge is -2.22. The molecule has 0 spiro atoms. The predicted molar refractivity (Wildman–Crippen MR) is 68.6 cm³/mol. The molecule has 0 heterocycles. The molecule has 0 saturated heterocycles. The zero-order valence-corrected chi connectivity index (χ0v) is 9.95. The van der Waals surface area contributed by atoms with Gasteiger partial charge in [0.2, 0.25) is 0 Å². The maximum Gasteiger partial charge on any atom is 0.0575 e. The standard InChI is InChI=1S/C15H17NO/c1-13(15-10-6-3-7-11-15)16(17)12-14-8-4-2-5-9-14/h2-11,13,17H,12H2,1H3/t13-/m0/s1. The van der Waals surface area contributed by atoms with Crippen molar-refractivity contribution in [2.45, 2.75) is 19.5 Å². The van der Waals surface area contributed by atoms with E-state index in [9.17, 15) is 5.21 Å². The highest BCUT2D eigenvalue weighted by Crippen LogP contribution is 2.19. The maximum atomic E-state index is 10.1. The van der Waals surface area contributed by atoms with Gasteiger partial charge in [-0.1, -0.05) is 60.7 Å². The summed E-state index contributed by atoms with van der Waals surface area (Å²) in [5, 5.41) is 11.4. The molecular formula is C15H17NO. The van der Waals surface area contributed by atoms with Crippen LogP contribution in [0.15, 0.2) is 60.7 Å². The summed E-state index contributed by atoms with van der Waals surface area (Å²) in [7, 11) is 0. The van der Waals surface area contributed by atoms with Gasteiger partial charge in [-0.2, -0.15) is 5.06 Å². The molecular weight excluding hydrogens is 210 g/mol. The van der Waals surface area contributed by atoms with E-state index in [0.717, 1.165) is 11.1 Å². The van der Waals surface area contributed by atoms with Crippen LogP contribution in [0.25, 0.3) is 0 Å². The number of hydrogen-bond donors (Lipinski definition) is 1. The van der Waals surface area contributed by atoms with Crippen molar-refractivity contribution in [1.82, 2.24) is 5.06 Å². The molecule has 2 nitrogen and oxygen atoms in total. The van der Waals surface area contributed by atoms with Gasteiger partial charge >= 0.3 is 0 Å². The van der Waals surface area contributed by atoms with E-state index in [1.807, 2.05) is 67.6 Å². The molecule has 0 aromatic heterocycles. The molecule has 0 aliphatic carbocycles. The SMILES string of the molecule is C[C@@H](c1ccccc1)N(O)Cc1ccccc1. The fraction of sp³-hybridized carbons (Fsp3) is 0.200. The summed E-state index contributed by atoms with van der Waals surface area (Å²) in [6.07, 6.45) is 0. The first-order chi connectivity index (χ1) is 8.27. The van der Waals surface area contributed by atoms with E-state index in [4.69, 9.17) is 0 Å². The van der Waals surface area contributed by atoms with Crippen LogP contribution in [0, 0.1) is 0 Å². The van der Waals surface area contributed by atoms with Gasteiger partial charge in [-0.25, -0.2) is 0 Å². The van der Waals surface area contributed by atoms with Gasteiger partial charge in [0.1, 0.15) is 0 Å². The number of rotatable bonds is 4. The minimum absolute atomic E-state index is 0.00333. The van der Waals surface area contributed by atoms with E-state index in [0.29, 0.717) is 6.54 Å². The van der Waals surface area contributed by atoms with Gasteiger partial charge < -0.3 is 5.21 Å². The molecule has 2 rings (SSSR count). The molecule has 0 saturated carbocycles. The lowest BCUT2D eigenvalue weighted by Crippen LogP contribution is -2.22. The molecule has 0 bridgehead atoms. The summed E-state index contributed by atoms with van der Waals surface area (Å²) in [6, 6.07) is 20.0. The average molecular weight is 227 g/mol. The lowest BCUT2D eigenvalue weighted by atomic mass is 10.1. The largest absolute Gasteiger partial charge is 0.313 e. The quantitative estimate of drug-likeness (QED) is 0.806. The molecule has 2 aromatic carbocycles. The van der Waals surface area contributed by atoms with Gasteiger partial charge in [0, 0.05) is 6.54 Å². The number of hydroxylamine groups is 2. The predicted octanol–water partition coefficient (Wildman–Crippen LogP) is 3.64. The van der Waals surface area contributed by atoms with E-state index in [2.05, 4.69) is 0 Å². The third kappa shape index (κ3) is 3.16. The number of nitrogens with zero attached hydrogens (tertiary/aromatic N) is 1. The van der Waals surface area contributed by atoms with Crippen molar-refractivity contribution >= 4 is 0 Å². The van der Waals surface area contributed by atoms with Crippen LogP contribution in [0.2, 0.25) is 0 Å². The Morgan fingerprint density at radius 3 is 2.06 bits per heavy atom. The minimum Gasteiger partial charge on any atom is -0.313 e. The monoisotopic (exact) mass is 227 g/mol. The van der Waals surface area contributed by atoms with Crippen molar-refractivity contribution in [2.24, 2.45) is 0 Å². The first kappa shape index (κ1) is 11.8. The van der Waals surface area contributed by atoms with Crippen LogP contribution in [0.1, 0.15) is 24.1 Å². The van der Waals surface area contributed by atoms with Crippen molar-refractivity contribution in [3.05, 3.63) is 71.8 Å². The van der Waals surface area contributed by atoms with Gasteiger partial charge in [-0.15, -0.1) is 0 Å². The molecule has 1 N–H and O–H groups in total. The van der Waals surface area contributed by atoms with E-state index < -0.39 is 0 Å². The normalized spacial score (nSPS) is 12.6. The van der Waals surface area contributed by atoms with Crippen molar-refractivity contribution in [2.75, 3.05) is 0 Å². The van der Waals surface area contributed by atoms with Crippen molar-refractivity contribution in [3.8, 4) is 0 Å². The van der Waals surface area contributed by atoms with Crippen molar-refractivity contribution in [3.63, 3.8) is 0 Å². The molecule has 88 valence electrons. The highest BCUT2D eigenvalue weighted by molar-refractivity contribution is 5.19. The fourth-order valence-electron chi connectivity index (χ4n) is 1.81. The Balaban J connectivity index is 2.03. The number of hydrogen-bond acceptors (Lipinski definition) is 2. The summed E-state index contributed by atoms with van der Waals surface area (Å²) >= 11 is 0. The Morgan fingerprint density at radius 1 is 0.941 bits per heavy atom. The Hall–Kier alpha value is -1.64. The summed E-state index contributed by atoms with van der Waals surface area (Å²) in [6.45, 7) is 2.54. The van der Waals surface area contributed by atoms with Crippen LogP contribution in [0.3, 0.4) is 0 Å². The minimum atomic E-state index is -0.00333. The zero-order valence-electron chi connectivity index (χ0n) is 9.95. The number of benzene rings is 2. The summed E-state index contributed by atoms with van der Waals surface area (Å²) in [4.78, 5) is 0. The van der Waals surface area contributed by atoms with E-state index in [-0.39, 0.29) is 6.04 Å². The van der Waals surface area contributed by atoms with Gasteiger partial charge in [-0.05, 0) is 18.1 Å². The first-order valence-corrected chi connectivity index (χ1v) is 5.82. The molecule has 0 radical (unpaired) electrons. The van der Waals surface area contributed by atoms with E-state index in [1.165, 1.54) is 5.06 Å². The Labute approximate surface area is 102 Å². The van der Waals surface area contributed by atoms with E-state index >= 15 is 0 Å². The lowest BCUT2D eigenvalue weighted by molar-refractivity contribution is -0.132. The molecule has 17 heavy (non-hydrogen) atoms. The summed E-state index contributed by atoms with van der Waals surface area (Å²) in [5.41, 5.74) is 2.23. The molecule has 0 aliphatic heterocycles. The van der Waals surface area contributed by atoms with Gasteiger partial charge in [-0.3, -0.25) is 0 Å². The second-order valence-electron chi connectivity index (χ2n) is 4.17. The molecule has 1 atom stereocenters. The fourth-order valence-corrected chi connectivity index (χ4v) is 1.81. The first-order valence-electron chi connectivity index (χ1n) is 5.82. The molecule has 2 aromatic rings. The second-order valence-corrected chi connectivity index (χ2v) is 4.17. The van der Waals surface area contributed by atoms with Gasteiger partial charge in [0.25, 0.3) is 0 Å². The van der Waals surface area contributed by atoms with Crippen LogP contribution in [-0.4, -0.2) is 10.3 Å². The highest BCUT2D eigenvalue weighted by atomic mass is 16.5. The molecule has 0 aliphatic rings. The average Bonchev–Trinajstić information content (AvgIpc) is 2.40. The highest BCUT2D eigenvalue weighted by Gasteiger charge is 2.13. The molecule has 0 unspecified atom stereocenters.